The highest BCUT2D eigenvalue weighted by Crippen LogP contribution is 2.28. The lowest BCUT2D eigenvalue weighted by Gasteiger charge is -2.14. The molecule has 0 heterocycles. The fraction of sp³-hybridized carbons (Fsp3) is 0.364. The van der Waals surface area contributed by atoms with Gasteiger partial charge in [-0.2, -0.15) is 0 Å². The molecule has 1 rings (SSSR count). The Kier molecular flexibility index (Phi) is 4.90. The number of carbonyl (C=O) groups excluding carboxylic acids is 1. The first-order valence-electron chi connectivity index (χ1n) is 4.83. The molecule has 0 amide bonds. The molecule has 1 atom stereocenters. The van der Waals surface area contributed by atoms with Crippen molar-refractivity contribution in [1.82, 2.24) is 0 Å². The topological polar surface area (TPSA) is 35.5 Å². The highest BCUT2D eigenvalue weighted by atomic mass is 35.5. The van der Waals surface area contributed by atoms with Gasteiger partial charge >= 0.3 is 5.97 Å². The summed E-state index contributed by atoms with van der Waals surface area (Å²) in [4.78, 5) is 11.3. The zero-order chi connectivity index (χ0) is 12.1. The van der Waals surface area contributed by atoms with Crippen LogP contribution >= 0.6 is 23.2 Å². The van der Waals surface area contributed by atoms with E-state index in [1.165, 1.54) is 0 Å². The Hall–Kier alpha value is -0.930. The largest absolute Gasteiger partial charge is 0.477 e. The Labute approximate surface area is 104 Å². The number of halogens is 2. The minimum Gasteiger partial charge on any atom is -0.477 e. The maximum absolute atomic E-state index is 11.3. The average Bonchev–Trinajstić information content (AvgIpc) is 2.22. The SMILES string of the molecule is CCOC(=O)C(C)Oc1ccc(Cl)cc1Cl. The van der Waals surface area contributed by atoms with Crippen LogP contribution in [-0.4, -0.2) is 18.7 Å². The second-order valence-corrected chi connectivity index (χ2v) is 3.93. The standard InChI is InChI=1S/C11H12Cl2O3/c1-3-15-11(14)7(2)16-10-5-4-8(12)6-9(10)13/h4-7H,3H2,1-2H3. The lowest BCUT2D eigenvalue weighted by atomic mass is 10.3. The van der Waals surface area contributed by atoms with Crippen LogP contribution < -0.4 is 4.74 Å². The van der Waals surface area contributed by atoms with Gasteiger partial charge in [-0.05, 0) is 32.0 Å². The second-order valence-electron chi connectivity index (χ2n) is 3.09. The van der Waals surface area contributed by atoms with Crippen molar-refractivity contribution in [2.24, 2.45) is 0 Å². The van der Waals surface area contributed by atoms with E-state index in [0.717, 1.165) is 0 Å². The third-order valence-corrected chi connectivity index (χ3v) is 2.35. The van der Waals surface area contributed by atoms with Crippen molar-refractivity contribution < 1.29 is 14.3 Å². The van der Waals surface area contributed by atoms with Crippen molar-refractivity contribution in [2.75, 3.05) is 6.61 Å². The fourth-order valence-corrected chi connectivity index (χ4v) is 1.52. The molecule has 0 aliphatic rings. The molecule has 0 spiro atoms. The monoisotopic (exact) mass is 262 g/mol. The van der Waals surface area contributed by atoms with E-state index < -0.39 is 12.1 Å². The van der Waals surface area contributed by atoms with Crippen LogP contribution in [0.25, 0.3) is 0 Å². The number of hydrogen-bond acceptors (Lipinski definition) is 3. The molecule has 1 aromatic carbocycles. The van der Waals surface area contributed by atoms with Crippen molar-refractivity contribution in [2.45, 2.75) is 20.0 Å². The van der Waals surface area contributed by atoms with Gasteiger partial charge in [0.1, 0.15) is 5.75 Å². The zero-order valence-electron chi connectivity index (χ0n) is 9.00. The van der Waals surface area contributed by atoms with Crippen LogP contribution in [0, 0.1) is 0 Å². The van der Waals surface area contributed by atoms with Gasteiger partial charge in [0, 0.05) is 5.02 Å². The van der Waals surface area contributed by atoms with Gasteiger partial charge in [-0.15, -0.1) is 0 Å². The molecule has 3 nitrogen and oxygen atoms in total. The molecule has 5 heteroatoms. The molecule has 1 aromatic rings. The van der Waals surface area contributed by atoms with Crippen LogP contribution in [0.3, 0.4) is 0 Å². The van der Waals surface area contributed by atoms with Crippen molar-refractivity contribution >= 4 is 29.2 Å². The molecular weight excluding hydrogens is 251 g/mol. The lowest BCUT2D eigenvalue weighted by Crippen LogP contribution is -2.26. The van der Waals surface area contributed by atoms with Gasteiger partial charge in [0.15, 0.2) is 6.10 Å². The Morgan fingerprint density at radius 2 is 2.12 bits per heavy atom. The van der Waals surface area contributed by atoms with Crippen molar-refractivity contribution in [3.05, 3.63) is 28.2 Å². The van der Waals surface area contributed by atoms with Crippen LogP contribution in [0.5, 0.6) is 5.75 Å². The summed E-state index contributed by atoms with van der Waals surface area (Å²) in [6.07, 6.45) is -0.696. The summed E-state index contributed by atoms with van der Waals surface area (Å²) in [5, 5.41) is 0.879. The molecule has 0 fully saturated rings. The molecule has 0 aliphatic heterocycles. The average molecular weight is 263 g/mol. The van der Waals surface area contributed by atoms with E-state index in [1.54, 1.807) is 32.0 Å². The van der Waals surface area contributed by atoms with E-state index in [-0.39, 0.29) is 0 Å². The second kappa shape index (κ2) is 5.97. The molecule has 0 aromatic heterocycles. The summed E-state index contributed by atoms with van der Waals surface area (Å²) in [6, 6.07) is 4.80. The molecule has 88 valence electrons. The van der Waals surface area contributed by atoms with Crippen molar-refractivity contribution in [1.29, 1.82) is 0 Å². The van der Waals surface area contributed by atoms with Crippen LogP contribution in [0.4, 0.5) is 0 Å². The first kappa shape index (κ1) is 13.1. The quantitative estimate of drug-likeness (QED) is 0.781. The molecule has 0 saturated carbocycles. The Morgan fingerprint density at radius 3 is 2.69 bits per heavy atom. The Morgan fingerprint density at radius 1 is 1.44 bits per heavy atom. The highest BCUT2D eigenvalue weighted by Gasteiger charge is 2.16. The number of rotatable bonds is 4. The normalized spacial score (nSPS) is 12.0. The van der Waals surface area contributed by atoms with E-state index in [0.29, 0.717) is 22.4 Å². The van der Waals surface area contributed by atoms with Gasteiger partial charge in [-0.25, -0.2) is 4.79 Å². The van der Waals surface area contributed by atoms with Crippen molar-refractivity contribution in [3.63, 3.8) is 0 Å². The van der Waals surface area contributed by atoms with E-state index in [9.17, 15) is 4.79 Å². The Bertz CT molecular complexity index is 379. The molecule has 0 N–H and O–H groups in total. The first-order chi connectivity index (χ1) is 7.54. The summed E-state index contributed by atoms with van der Waals surface area (Å²) in [5.41, 5.74) is 0. The van der Waals surface area contributed by atoms with Gasteiger partial charge in [0.05, 0.1) is 11.6 Å². The van der Waals surface area contributed by atoms with Gasteiger partial charge in [0.25, 0.3) is 0 Å². The third-order valence-electron chi connectivity index (χ3n) is 1.82. The van der Waals surface area contributed by atoms with Crippen LogP contribution in [0.2, 0.25) is 10.0 Å². The maximum atomic E-state index is 11.3. The smallest absolute Gasteiger partial charge is 0.347 e. The molecule has 0 radical (unpaired) electrons. The number of carbonyl (C=O) groups is 1. The summed E-state index contributed by atoms with van der Waals surface area (Å²) in [6.45, 7) is 3.66. The summed E-state index contributed by atoms with van der Waals surface area (Å²) in [7, 11) is 0. The third kappa shape index (κ3) is 3.58. The predicted octanol–water partition coefficient (Wildman–Crippen LogP) is 3.32. The van der Waals surface area contributed by atoms with Gasteiger partial charge in [-0.3, -0.25) is 0 Å². The molecule has 0 saturated heterocycles. The summed E-state index contributed by atoms with van der Waals surface area (Å²) < 4.78 is 10.2. The highest BCUT2D eigenvalue weighted by molar-refractivity contribution is 6.35. The van der Waals surface area contributed by atoms with Gasteiger partial charge in [-0.1, -0.05) is 23.2 Å². The van der Waals surface area contributed by atoms with E-state index >= 15 is 0 Å². The molecular formula is C11H12Cl2O3. The van der Waals surface area contributed by atoms with E-state index in [1.807, 2.05) is 0 Å². The number of esters is 1. The van der Waals surface area contributed by atoms with E-state index in [4.69, 9.17) is 32.7 Å². The van der Waals surface area contributed by atoms with E-state index in [2.05, 4.69) is 0 Å². The minimum absolute atomic E-state index is 0.320. The van der Waals surface area contributed by atoms with Crippen LogP contribution in [-0.2, 0) is 9.53 Å². The molecule has 1 unspecified atom stereocenters. The van der Waals surface area contributed by atoms with Crippen LogP contribution in [0.15, 0.2) is 18.2 Å². The molecule has 0 aliphatic carbocycles. The zero-order valence-corrected chi connectivity index (χ0v) is 10.5. The minimum atomic E-state index is -0.696. The predicted molar refractivity (Wildman–Crippen MR) is 63.2 cm³/mol. The fourth-order valence-electron chi connectivity index (χ4n) is 1.07. The van der Waals surface area contributed by atoms with Gasteiger partial charge < -0.3 is 9.47 Å². The summed E-state index contributed by atoms with van der Waals surface area (Å²) in [5.74, 6) is -0.0138. The first-order valence-corrected chi connectivity index (χ1v) is 5.58. The summed E-state index contributed by atoms with van der Waals surface area (Å²) >= 11 is 11.6. The number of ether oxygens (including phenoxy) is 2. The van der Waals surface area contributed by atoms with Crippen LogP contribution in [0.1, 0.15) is 13.8 Å². The molecule has 0 bridgehead atoms. The van der Waals surface area contributed by atoms with Gasteiger partial charge in [0.2, 0.25) is 0 Å². The Balaban J connectivity index is 2.69. The number of benzene rings is 1. The lowest BCUT2D eigenvalue weighted by molar-refractivity contribution is -0.150. The van der Waals surface area contributed by atoms with Crippen molar-refractivity contribution in [3.8, 4) is 5.75 Å². The molecule has 16 heavy (non-hydrogen) atoms. The number of hydrogen-bond donors (Lipinski definition) is 0. The maximum Gasteiger partial charge on any atom is 0.347 e.